The molecule has 0 aromatic carbocycles. The number of hydrogen-bond donors (Lipinski definition) is 0. The van der Waals surface area contributed by atoms with E-state index in [-0.39, 0.29) is 37.5 Å². The van der Waals surface area contributed by atoms with Crippen molar-refractivity contribution in [2.75, 3.05) is 13.2 Å². The Hall–Kier alpha value is -3.93. The standard InChI is InChI=1S/C60H98O6/c1-4-7-10-13-16-19-22-25-27-29-30-32-33-35-38-41-44-47-50-53-59(62)65-56-57(55-64-58(61)52-49-46-43-40-37-24-21-18-15-12-9-6-3)66-60(63)54-51-48-45-42-39-36-34-31-28-26-23-20-17-14-11-8-5-2/h8,11,16-17,19-20,25-28,30,32,34-36,38,42,45,57H,4-7,9-10,12-15,18,21-24,29,31,33,37,39-41,43-44,46-56H2,1-3H3/b11-8-,19-16-,20-17-,27-25-,28-26-,32-30-,36-34-,38-35-,45-42-/t57-/m1/s1. The fourth-order valence-corrected chi connectivity index (χ4v) is 6.99. The molecule has 0 aromatic heterocycles. The lowest BCUT2D eigenvalue weighted by Gasteiger charge is -2.18. The molecular weight excluding hydrogens is 817 g/mol. The molecular formula is C60H98O6. The quantitative estimate of drug-likeness (QED) is 0.0262. The molecule has 0 fully saturated rings. The first-order valence-electron chi connectivity index (χ1n) is 26.9. The number of hydrogen-bond acceptors (Lipinski definition) is 6. The van der Waals surface area contributed by atoms with E-state index in [0.717, 1.165) is 103 Å². The molecule has 0 saturated carbocycles. The van der Waals surface area contributed by atoms with Gasteiger partial charge in [-0.15, -0.1) is 0 Å². The van der Waals surface area contributed by atoms with Gasteiger partial charge in [-0.25, -0.2) is 0 Å². The van der Waals surface area contributed by atoms with Crippen molar-refractivity contribution >= 4 is 17.9 Å². The summed E-state index contributed by atoms with van der Waals surface area (Å²) in [6.45, 7) is 6.41. The Labute approximate surface area is 406 Å². The molecule has 0 aromatic rings. The van der Waals surface area contributed by atoms with Crippen LogP contribution in [0.3, 0.4) is 0 Å². The molecule has 0 N–H and O–H groups in total. The minimum Gasteiger partial charge on any atom is -0.462 e. The molecule has 6 nitrogen and oxygen atoms in total. The fraction of sp³-hybridized carbons (Fsp3) is 0.650. The Morgan fingerprint density at radius 1 is 0.318 bits per heavy atom. The molecule has 0 aliphatic heterocycles. The second-order valence-corrected chi connectivity index (χ2v) is 17.4. The van der Waals surface area contributed by atoms with Crippen molar-refractivity contribution in [2.24, 2.45) is 0 Å². The molecule has 0 spiro atoms. The summed E-state index contributed by atoms with van der Waals surface area (Å²) in [4.78, 5) is 38.0. The molecule has 0 rings (SSSR count). The molecule has 0 amide bonds. The van der Waals surface area contributed by atoms with E-state index in [1.807, 2.05) is 0 Å². The summed E-state index contributed by atoms with van der Waals surface area (Å²) in [5, 5.41) is 0. The van der Waals surface area contributed by atoms with Gasteiger partial charge in [0.25, 0.3) is 0 Å². The van der Waals surface area contributed by atoms with Gasteiger partial charge in [0.05, 0.1) is 0 Å². The monoisotopic (exact) mass is 915 g/mol. The van der Waals surface area contributed by atoms with Crippen LogP contribution in [0.1, 0.15) is 233 Å². The van der Waals surface area contributed by atoms with Gasteiger partial charge in [-0.05, 0) is 103 Å². The molecule has 0 heterocycles. The molecule has 0 saturated heterocycles. The molecule has 66 heavy (non-hydrogen) atoms. The molecule has 0 aliphatic carbocycles. The van der Waals surface area contributed by atoms with Crippen LogP contribution >= 0.6 is 0 Å². The third-order valence-corrected chi connectivity index (χ3v) is 11.0. The molecule has 0 unspecified atom stereocenters. The van der Waals surface area contributed by atoms with Crippen molar-refractivity contribution in [1.29, 1.82) is 0 Å². The fourth-order valence-electron chi connectivity index (χ4n) is 6.99. The van der Waals surface area contributed by atoms with E-state index in [4.69, 9.17) is 14.2 Å². The molecule has 6 heteroatoms. The lowest BCUT2D eigenvalue weighted by Crippen LogP contribution is -2.30. The summed E-state index contributed by atoms with van der Waals surface area (Å²) < 4.78 is 16.7. The van der Waals surface area contributed by atoms with E-state index in [1.54, 1.807) is 0 Å². The van der Waals surface area contributed by atoms with E-state index in [0.29, 0.717) is 19.3 Å². The first-order chi connectivity index (χ1) is 32.5. The Balaban J connectivity index is 4.53. The predicted molar refractivity (Wildman–Crippen MR) is 283 cm³/mol. The highest BCUT2D eigenvalue weighted by Crippen LogP contribution is 2.14. The number of esters is 3. The predicted octanol–water partition coefficient (Wildman–Crippen LogP) is 17.9. The molecule has 374 valence electrons. The third-order valence-electron chi connectivity index (χ3n) is 11.0. The van der Waals surface area contributed by atoms with Gasteiger partial charge in [0.15, 0.2) is 6.10 Å². The van der Waals surface area contributed by atoms with Crippen LogP contribution in [0, 0.1) is 0 Å². The highest BCUT2D eigenvalue weighted by Gasteiger charge is 2.19. The van der Waals surface area contributed by atoms with Gasteiger partial charge in [-0.3, -0.25) is 14.4 Å². The second-order valence-electron chi connectivity index (χ2n) is 17.4. The maximum Gasteiger partial charge on any atom is 0.306 e. The second kappa shape index (κ2) is 53.7. The molecule has 0 aliphatic rings. The largest absolute Gasteiger partial charge is 0.462 e. The van der Waals surface area contributed by atoms with Gasteiger partial charge in [0.2, 0.25) is 0 Å². The molecule has 1 atom stereocenters. The van der Waals surface area contributed by atoms with Gasteiger partial charge in [-0.2, -0.15) is 0 Å². The highest BCUT2D eigenvalue weighted by atomic mass is 16.6. The molecule has 0 bridgehead atoms. The Morgan fingerprint density at radius 2 is 0.606 bits per heavy atom. The Bertz CT molecular complexity index is 1370. The van der Waals surface area contributed by atoms with Gasteiger partial charge in [0.1, 0.15) is 13.2 Å². The minimum absolute atomic E-state index is 0.111. The average Bonchev–Trinajstić information content (AvgIpc) is 3.31. The van der Waals surface area contributed by atoms with Crippen LogP contribution in [-0.4, -0.2) is 37.2 Å². The zero-order chi connectivity index (χ0) is 47.9. The maximum atomic E-state index is 12.8. The van der Waals surface area contributed by atoms with Crippen LogP contribution in [0.2, 0.25) is 0 Å². The van der Waals surface area contributed by atoms with Crippen LogP contribution in [0.5, 0.6) is 0 Å². The number of rotatable bonds is 47. The summed E-state index contributed by atoms with van der Waals surface area (Å²) in [5.41, 5.74) is 0. The van der Waals surface area contributed by atoms with Crippen molar-refractivity contribution in [3.05, 3.63) is 109 Å². The van der Waals surface area contributed by atoms with Crippen molar-refractivity contribution < 1.29 is 28.6 Å². The number of allylic oxidation sites excluding steroid dienone is 18. The zero-order valence-corrected chi connectivity index (χ0v) is 42.7. The summed E-state index contributed by atoms with van der Waals surface area (Å²) in [7, 11) is 0. The summed E-state index contributed by atoms with van der Waals surface area (Å²) in [6, 6.07) is 0. The lowest BCUT2D eigenvalue weighted by molar-refractivity contribution is -0.167. The van der Waals surface area contributed by atoms with E-state index >= 15 is 0 Å². The number of carbonyl (C=O) groups is 3. The Kier molecular flexibility index (Phi) is 50.5. The van der Waals surface area contributed by atoms with Crippen molar-refractivity contribution in [2.45, 2.75) is 239 Å². The van der Waals surface area contributed by atoms with Crippen LogP contribution in [-0.2, 0) is 28.6 Å². The van der Waals surface area contributed by atoms with Gasteiger partial charge >= 0.3 is 17.9 Å². The van der Waals surface area contributed by atoms with Crippen molar-refractivity contribution in [3.63, 3.8) is 0 Å². The molecule has 0 radical (unpaired) electrons. The normalized spacial score (nSPS) is 13.0. The first-order valence-corrected chi connectivity index (χ1v) is 26.9. The van der Waals surface area contributed by atoms with E-state index in [1.165, 1.54) is 83.5 Å². The zero-order valence-electron chi connectivity index (χ0n) is 42.7. The van der Waals surface area contributed by atoms with Gasteiger partial charge < -0.3 is 14.2 Å². The third kappa shape index (κ3) is 51.1. The van der Waals surface area contributed by atoms with E-state index < -0.39 is 6.10 Å². The van der Waals surface area contributed by atoms with Crippen LogP contribution in [0.15, 0.2) is 109 Å². The topological polar surface area (TPSA) is 78.9 Å². The van der Waals surface area contributed by atoms with Crippen LogP contribution in [0.4, 0.5) is 0 Å². The SMILES string of the molecule is CC/C=C\C/C=C\C/C=C\C/C=C\C/C=C\CCCC(=O)O[C@@H](COC(=O)CCCCC/C=C\C/C=C\C/C=C\C/C=C\CCCCC)COC(=O)CCCCCCCCCCCCCC. The summed E-state index contributed by atoms with van der Waals surface area (Å²) in [6.07, 6.45) is 72.2. The van der Waals surface area contributed by atoms with E-state index in [2.05, 4.69) is 130 Å². The number of unbranched alkanes of at least 4 members (excludes halogenated alkanes) is 18. The van der Waals surface area contributed by atoms with Crippen LogP contribution in [0.25, 0.3) is 0 Å². The summed E-state index contributed by atoms with van der Waals surface area (Å²) >= 11 is 0. The summed E-state index contributed by atoms with van der Waals surface area (Å²) in [5.74, 6) is -1.01. The first kappa shape index (κ1) is 62.1. The smallest absolute Gasteiger partial charge is 0.306 e. The lowest BCUT2D eigenvalue weighted by atomic mass is 10.0. The van der Waals surface area contributed by atoms with Gasteiger partial charge in [0, 0.05) is 19.3 Å². The number of carbonyl (C=O) groups excluding carboxylic acids is 3. The number of ether oxygens (including phenoxy) is 3. The van der Waals surface area contributed by atoms with Crippen LogP contribution < -0.4 is 0 Å². The Morgan fingerprint density at radius 3 is 1.00 bits per heavy atom. The van der Waals surface area contributed by atoms with Crippen molar-refractivity contribution in [3.8, 4) is 0 Å². The maximum absolute atomic E-state index is 12.8. The van der Waals surface area contributed by atoms with Crippen molar-refractivity contribution in [1.82, 2.24) is 0 Å². The van der Waals surface area contributed by atoms with E-state index in [9.17, 15) is 14.4 Å². The minimum atomic E-state index is -0.821. The average molecular weight is 915 g/mol. The van der Waals surface area contributed by atoms with Gasteiger partial charge in [-0.1, -0.05) is 220 Å². The highest BCUT2D eigenvalue weighted by molar-refractivity contribution is 5.71.